The van der Waals surface area contributed by atoms with Gasteiger partial charge in [0.15, 0.2) is 9.84 Å². The van der Waals surface area contributed by atoms with E-state index in [1.807, 2.05) is 6.92 Å². The molecule has 17 heavy (non-hydrogen) atoms. The van der Waals surface area contributed by atoms with E-state index in [4.69, 9.17) is 10.5 Å². The van der Waals surface area contributed by atoms with Gasteiger partial charge in [0.1, 0.15) is 0 Å². The maximum atomic E-state index is 12.2. The van der Waals surface area contributed by atoms with Crippen molar-refractivity contribution in [1.29, 1.82) is 0 Å². The second-order valence-electron chi connectivity index (χ2n) is 4.46. The number of benzene rings is 1. The van der Waals surface area contributed by atoms with E-state index in [0.29, 0.717) is 12.3 Å². The first kappa shape index (κ1) is 12.4. The molecule has 1 fully saturated rings. The van der Waals surface area contributed by atoms with Gasteiger partial charge in [0.05, 0.1) is 22.4 Å². The van der Waals surface area contributed by atoms with Gasteiger partial charge < -0.3 is 10.5 Å². The lowest BCUT2D eigenvalue weighted by Gasteiger charge is -2.12. The summed E-state index contributed by atoms with van der Waals surface area (Å²) in [5.41, 5.74) is 6.94. The first-order chi connectivity index (χ1) is 7.99. The second-order valence-corrected chi connectivity index (χ2v) is 6.46. The van der Waals surface area contributed by atoms with Crippen molar-refractivity contribution in [3.05, 3.63) is 23.8 Å². The Morgan fingerprint density at radius 2 is 2.24 bits per heavy atom. The highest BCUT2D eigenvalue weighted by Gasteiger charge is 2.26. The van der Waals surface area contributed by atoms with Crippen LogP contribution < -0.4 is 5.73 Å². The Bertz CT molecular complexity index is 504. The molecular formula is C12H17NO3S. The number of nitrogens with two attached hydrogens (primary N) is 1. The number of hydrogen-bond acceptors (Lipinski definition) is 4. The van der Waals surface area contributed by atoms with Crippen LogP contribution in [0.1, 0.15) is 18.4 Å². The fourth-order valence-corrected chi connectivity index (χ4v) is 3.75. The molecule has 0 aromatic heterocycles. The lowest BCUT2D eigenvalue weighted by Crippen LogP contribution is -2.21. The van der Waals surface area contributed by atoms with E-state index in [0.717, 1.165) is 18.4 Å². The predicted molar refractivity (Wildman–Crippen MR) is 66.6 cm³/mol. The SMILES string of the molecule is Cc1ccc(N)c(S(=O)(=O)CC2CCCO2)c1. The molecule has 2 rings (SSSR count). The van der Waals surface area contributed by atoms with Crippen molar-refractivity contribution in [1.82, 2.24) is 0 Å². The van der Waals surface area contributed by atoms with Crippen molar-refractivity contribution < 1.29 is 13.2 Å². The topological polar surface area (TPSA) is 69.4 Å². The van der Waals surface area contributed by atoms with Crippen LogP contribution in [0.25, 0.3) is 0 Å². The third-order valence-corrected chi connectivity index (χ3v) is 4.77. The standard InChI is InChI=1S/C12H17NO3S/c1-9-4-5-11(13)12(7-9)17(14,15)8-10-3-2-6-16-10/h4-5,7,10H,2-3,6,8,13H2,1H3. The normalized spacial score (nSPS) is 20.6. The number of anilines is 1. The number of ether oxygens (including phenoxy) is 1. The van der Waals surface area contributed by atoms with E-state index >= 15 is 0 Å². The monoisotopic (exact) mass is 255 g/mol. The molecule has 1 aliphatic heterocycles. The Kier molecular flexibility index (Phi) is 3.40. The van der Waals surface area contributed by atoms with Crippen molar-refractivity contribution in [3.8, 4) is 0 Å². The van der Waals surface area contributed by atoms with Crippen LogP contribution in [0.5, 0.6) is 0 Å². The molecule has 1 aromatic carbocycles. The quantitative estimate of drug-likeness (QED) is 0.832. The zero-order valence-corrected chi connectivity index (χ0v) is 10.7. The van der Waals surface area contributed by atoms with Gasteiger partial charge in [-0.15, -0.1) is 0 Å². The molecule has 0 amide bonds. The van der Waals surface area contributed by atoms with Gasteiger partial charge >= 0.3 is 0 Å². The van der Waals surface area contributed by atoms with E-state index < -0.39 is 9.84 Å². The van der Waals surface area contributed by atoms with Crippen molar-refractivity contribution >= 4 is 15.5 Å². The highest BCUT2D eigenvalue weighted by atomic mass is 32.2. The molecule has 94 valence electrons. The van der Waals surface area contributed by atoms with Crippen LogP contribution in [0.4, 0.5) is 5.69 Å². The van der Waals surface area contributed by atoms with Gasteiger partial charge in [-0.1, -0.05) is 6.07 Å². The maximum absolute atomic E-state index is 12.2. The summed E-state index contributed by atoms with van der Waals surface area (Å²) < 4.78 is 29.8. The van der Waals surface area contributed by atoms with Crippen LogP contribution in [-0.2, 0) is 14.6 Å². The molecule has 1 saturated heterocycles. The molecule has 0 saturated carbocycles. The summed E-state index contributed by atoms with van der Waals surface area (Å²) in [4.78, 5) is 0.230. The summed E-state index contributed by atoms with van der Waals surface area (Å²) in [6, 6.07) is 5.07. The van der Waals surface area contributed by atoms with Gasteiger partial charge in [0.25, 0.3) is 0 Å². The maximum Gasteiger partial charge on any atom is 0.182 e. The summed E-state index contributed by atoms with van der Waals surface area (Å²) in [5.74, 6) is 0.0284. The van der Waals surface area contributed by atoms with E-state index in [1.54, 1.807) is 18.2 Å². The van der Waals surface area contributed by atoms with E-state index in [1.165, 1.54) is 0 Å². The zero-order valence-electron chi connectivity index (χ0n) is 9.85. The molecule has 5 heteroatoms. The molecule has 1 aromatic rings. The average Bonchev–Trinajstić information content (AvgIpc) is 2.73. The highest BCUT2D eigenvalue weighted by molar-refractivity contribution is 7.91. The molecule has 0 aliphatic carbocycles. The molecule has 0 radical (unpaired) electrons. The van der Waals surface area contributed by atoms with Crippen molar-refractivity contribution in [2.75, 3.05) is 18.1 Å². The smallest absolute Gasteiger partial charge is 0.182 e. The second kappa shape index (κ2) is 4.66. The van der Waals surface area contributed by atoms with Crippen LogP contribution in [0.2, 0.25) is 0 Å². The molecule has 2 N–H and O–H groups in total. The highest BCUT2D eigenvalue weighted by Crippen LogP contribution is 2.24. The lowest BCUT2D eigenvalue weighted by molar-refractivity contribution is 0.127. The van der Waals surface area contributed by atoms with Crippen LogP contribution >= 0.6 is 0 Å². The minimum absolute atomic E-state index is 0.0284. The number of nitrogen functional groups attached to an aromatic ring is 1. The summed E-state index contributed by atoms with van der Waals surface area (Å²) in [6.07, 6.45) is 1.56. The molecule has 1 aliphatic rings. The fourth-order valence-electron chi connectivity index (χ4n) is 2.02. The summed E-state index contributed by atoms with van der Waals surface area (Å²) in [7, 11) is -3.35. The molecule has 1 heterocycles. The Hall–Kier alpha value is -1.07. The Balaban J connectivity index is 2.27. The molecule has 4 nitrogen and oxygen atoms in total. The molecular weight excluding hydrogens is 238 g/mol. The molecule has 0 bridgehead atoms. The first-order valence-corrected chi connectivity index (χ1v) is 7.35. The third-order valence-electron chi connectivity index (χ3n) is 2.93. The van der Waals surface area contributed by atoms with Crippen molar-refractivity contribution in [2.45, 2.75) is 30.8 Å². The van der Waals surface area contributed by atoms with Gasteiger partial charge in [-0.05, 0) is 37.5 Å². The number of aryl methyl sites for hydroxylation is 1. The summed E-state index contributed by atoms with van der Waals surface area (Å²) >= 11 is 0. The molecule has 1 atom stereocenters. The fraction of sp³-hybridized carbons (Fsp3) is 0.500. The van der Waals surface area contributed by atoms with Gasteiger partial charge in [-0.2, -0.15) is 0 Å². The first-order valence-electron chi connectivity index (χ1n) is 5.69. The van der Waals surface area contributed by atoms with E-state index in [9.17, 15) is 8.42 Å². The predicted octanol–water partition coefficient (Wildman–Crippen LogP) is 1.53. The van der Waals surface area contributed by atoms with Crippen LogP contribution in [0.15, 0.2) is 23.1 Å². The number of sulfone groups is 1. The van der Waals surface area contributed by atoms with E-state index in [2.05, 4.69) is 0 Å². The van der Waals surface area contributed by atoms with Gasteiger partial charge in [-0.25, -0.2) is 8.42 Å². The lowest BCUT2D eigenvalue weighted by atomic mass is 10.2. The van der Waals surface area contributed by atoms with Crippen LogP contribution in [0, 0.1) is 6.92 Å². The zero-order chi connectivity index (χ0) is 12.5. The van der Waals surface area contributed by atoms with Gasteiger partial charge in [-0.3, -0.25) is 0 Å². The Morgan fingerprint density at radius 1 is 1.47 bits per heavy atom. The van der Waals surface area contributed by atoms with Crippen LogP contribution in [-0.4, -0.2) is 26.9 Å². The van der Waals surface area contributed by atoms with E-state index in [-0.39, 0.29) is 16.8 Å². The van der Waals surface area contributed by atoms with Crippen molar-refractivity contribution in [2.24, 2.45) is 0 Å². The summed E-state index contributed by atoms with van der Waals surface area (Å²) in [6.45, 7) is 2.51. The number of rotatable bonds is 3. The molecule has 1 unspecified atom stereocenters. The molecule has 0 spiro atoms. The van der Waals surface area contributed by atoms with Gasteiger partial charge in [0.2, 0.25) is 0 Å². The Morgan fingerprint density at radius 3 is 2.88 bits per heavy atom. The van der Waals surface area contributed by atoms with Crippen LogP contribution in [0.3, 0.4) is 0 Å². The van der Waals surface area contributed by atoms with Gasteiger partial charge in [0, 0.05) is 6.61 Å². The summed E-state index contributed by atoms with van der Waals surface area (Å²) in [5, 5.41) is 0. The minimum atomic E-state index is -3.35. The Labute approximate surface area is 102 Å². The largest absolute Gasteiger partial charge is 0.398 e. The van der Waals surface area contributed by atoms with Crippen molar-refractivity contribution in [3.63, 3.8) is 0 Å². The average molecular weight is 255 g/mol. The minimum Gasteiger partial charge on any atom is -0.398 e. The number of hydrogen-bond donors (Lipinski definition) is 1. The third kappa shape index (κ3) is 2.79.